The van der Waals surface area contributed by atoms with Crippen LogP contribution >= 0.6 is 12.2 Å². The van der Waals surface area contributed by atoms with Crippen LogP contribution in [-0.2, 0) is 22.0 Å². The highest BCUT2D eigenvalue weighted by Crippen LogP contribution is 2.05. The van der Waals surface area contributed by atoms with E-state index < -0.39 is 10.8 Å². The van der Waals surface area contributed by atoms with E-state index in [1.165, 1.54) is 0 Å². The van der Waals surface area contributed by atoms with Gasteiger partial charge in [0.2, 0.25) is 5.91 Å². The van der Waals surface area contributed by atoms with E-state index in [-0.39, 0.29) is 11.2 Å². The molecule has 0 spiro atoms. The van der Waals surface area contributed by atoms with Gasteiger partial charge in [-0.05, 0) is 12.5 Å². The van der Waals surface area contributed by atoms with Crippen LogP contribution in [0.2, 0.25) is 0 Å². The zero-order chi connectivity index (χ0) is 14.4. The molecule has 1 rings (SSSR count). The second kappa shape index (κ2) is 7.35. The molecule has 0 saturated heterocycles. The third-order valence-electron chi connectivity index (χ3n) is 2.76. The van der Waals surface area contributed by atoms with Crippen molar-refractivity contribution in [2.45, 2.75) is 18.6 Å². The maximum atomic E-state index is 11.7. The fraction of sp³-hybridized carbons (Fsp3) is 0.385. The van der Waals surface area contributed by atoms with Crippen LogP contribution in [-0.4, -0.2) is 33.2 Å². The van der Waals surface area contributed by atoms with Crippen molar-refractivity contribution in [1.82, 2.24) is 5.32 Å². The van der Waals surface area contributed by atoms with Crippen molar-refractivity contribution in [1.29, 1.82) is 0 Å². The summed E-state index contributed by atoms with van der Waals surface area (Å²) in [6.45, 7) is 2.26. The largest absolute Gasteiger partial charge is 0.389 e. The molecule has 0 radical (unpaired) electrons. The van der Waals surface area contributed by atoms with Crippen LogP contribution in [0, 0.1) is 0 Å². The lowest BCUT2D eigenvalue weighted by molar-refractivity contribution is -0.120. The van der Waals surface area contributed by atoms with Crippen LogP contribution < -0.4 is 11.1 Å². The van der Waals surface area contributed by atoms with Crippen molar-refractivity contribution in [3.05, 3.63) is 35.4 Å². The van der Waals surface area contributed by atoms with Gasteiger partial charge in [-0.15, -0.1) is 0 Å². The van der Waals surface area contributed by atoms with Crippen molar-refractivity contribution >= 4 is 33.9 Å². The first-order valence-electron chi connectivity index (χ1n) is 5.88. The molecular formula is C13H18N2O2S2. The standard InChI is InChI=1S/C13H18N2O2S2/c1-9(19(2)17)8-15-12(16)7-10-3-5-11(6-4-10)13(14)18/h3-6,9H,7-8H2,1-2H3,(H2,14,18)(H,15,16). The summed E-state index contributed by atoms with van der Waals surface area (Å²) < 4.78 is 11.2. The smallest absolute Gasteiger partial charge is 0.224 e. The van der Waals surface area contributed by atoms with Crippen LogP contribution in [0.25, 0.3) is 0 Å². The molecule has 3 N–H and O–H groups in total. The number of benzene rings is 1. The van der Waals surface area contributed by atoms with Gasteiger partial charge in [0.25, 0.3) is 0 Å². The van der Waals surface area contributed by atoms with Crippen LogP contribution in [0.1, 0.15) is 18.1 Å². The molecule has 0 aromatic heterocycles. The fourth-order valence-corrected chi connectivity index (χ4v) is 1.86. The fourth-order valence-electron chi connectivity index (χ4n) is 1.41. The SMILES string of the molecule is CC(CNC(=O)Cc1ccc(C(N)=S)cc1)S(C)=O. The first-order valence-corrected chi connectivity index (χ1v) is 7.90. The van der Waals surface area contributed by atoms with Crippen molar-refractivity contribution in [3.8, 4) is 0 Å². The van der Waals surface area contributed by atoms with E-state index in [9.17, 15) is 9.00 Å². The average molecular weight is 298 g/mol. The molecule has 19 heavy (non-hydrogen) atoms. The minimum Gasteiger partial charge on any atom is -0.389 e. The molecule has 6 heteroatoms. The van der Waals surface area contributed by atoms with Crippen LogP contribution in [0.15, 0.2) is 24.3 Å². The Balaban J connectivity index is 2.48. The molecule has 4 nitrogen and oxygen atoms in total. The summed E-state index contributed by atoms with van der Waals surface area (Å²) in [6, 6.07) is 7.26. The van der Waals surface area contributed by atoms with Gasteiger partial charge >= 0.3 is 0 Å². The molecule has 1 amide bonds. The summed E-state index contributed by atoms with van der Waals surface area (Å²) in [4.78, 5) is 12.0. The van der Waals surface area contributed by atoms with Gasteiger partial charge in [0.15, 0.2) is 0 Å². The third kappa shape index (κ3) is 5.48. The molecule has 2 unspecified atom stereocenters. The van der Waals surface area contributed by atoms with E-state index in [0.29, 0.717) is 18.0 Å². The third-order valence-corrected chi connectivity index (χ3v) is 4.29. The summed E-state index contributed by atoms with van der Waals surface area (Å²) in [6.07, 6.45) is 1.92. The number of amides is 1. The molecule has 0 aliphatic rings. The first kappa shape index (κ1) is 15.8. The minimum absolute atomic E-state index is 0.0408. The first-order chi connectivity index (χ1) is 8.90. The molecule has 2 atom stereocenters. The second-order valence-corrected chi connectivity index (χ2v) is 6.59. The summed E-state index contributed by atoms with van der Waals surface area (Å²) in [7, 11) is -0.925. The second-order valence-electron chi connectivity index (χ2n) is 4.35. The Labute approximate surface area is 121 Å². The maximum absolute atomic E-state index is 11.7. The van der Waals surface area contributed by atoms with Gasteiger partial charge < -0.3 is 11.1 Å². The van der Waals surface area contributed by atoms with Gasteiger partial charge in [-0.2, -0.15) is 0 Å². The normalized spacial score (nSPS) is 13.6. The monoisotopic (exact) mass is 298 g/mol. The number of carbonyl (C=O) groups is 1. The Morgan fingerprint density at radius 1 is 1.42 bits per heavy atom. The van der Waals surface area contributed by atoms with Gasteiger partial charge in [-0.1, -0.05) is 36.5 Å². The van der Waals surface area contributed by atoms with E-state index in [4.69, 9.17) is 18.0 Å². The summed E-state index contributed by atoms with van der Waals surface area (Å²) >= 11 is 4.86. The Morgan fingerprint density at radius 2 is 2.00 bits per heavy atom. The van der Waals surface area contributed by atoms with E-state index in [2.05, 4.69) is 5.32 Å². The van der Waals surface area contributed by atoms with Crippen LogP contribution in [0.3, 0.4) is 0 Å². The Bertz CT molecular complexity index is 486. The van der Waals surface area contributed by atoms with Gasteiger partial charge in [-0.25, -0.2) is 0 Å². The lowest BCUT2D eigenvalue weighted by Crippen LogP contribution is -2.33. The quantitative estimate of drug-likeness (QED) is 0.760. The van der Waals surface area contributed by atoms with E-state index >= 15 is 0 Å². The molecule has 0 heterocycles. The van der Waals surface area contributed by atoms with E-state index in [1.54, 1.807) is 18.4 Å². The number of thiocarbonyl (C=S) groups is 1. The predicted molar refractivity (Wildman–Crippen MR) is 82.6 cm³/mol. The number of hydrogen-bond donors (Lipinski definition) is 2. The van der Waals surface area contributed by atoms with Gasteiger partial charge in [0.05, 0.1) is 6.42 Å². The molecule has 0 aliphatic heterocycles. The lowest BCUT2D eigenvalue weighted by Gasteiger charge is -2.10. The Kier molecular flexibility index (Phi) is 6.11. The minimum atomic E-state index is -0.925. The lowest BCUT2D eigenvalue weighted by atomic mass is 10.1. The van der Waals surface area contributed by atoms with Crippen LogP contribution in [0.5, 0.6) is 0 Å². The number of nitrogens with two attached hydrogens (primary N) is 1. The maximum Gasteiger partial charge on any atom is 0.224 e. The zero-order valence-corrected chi connectivity index (χ0v) is 12.6. The molecule has 0 bridgehead atoms. The van der Waals surface area contributed by atoms with Crippen LogP contribution in [0.4, 0.5) is 0 Å². The summed E-state index contributed by atoms with van der Waals surface area (Å²) in [5.41, 5.74) is 7.18. The highest BCUT2D eigenvalue weighted by Gasteiger charge is 2.09. The highest BCUT2D eigenvalue weighted by atomic mass is 32.2. The topological polar surface area (TPSA) is 72.2 Å². The number of nitrogens with one attached hydrogen (secondary N) is 1. The molecular weight excluding hydrogens is 280 g/mol. The van der Waals surface area contributed by atoms with Gasteiger partial charge in [0.1, 0.15) is 4.99 Å². The zero-order valence-electron chi connectivity index (χ0n) is 11.0. The van der Waals surface area contributed by atoms with Gasteiger partial charge in [0, 0.05) is 34.4 Å². The number of carbonyl (C=O) groups excluding carboxylic acids is 1. The average Bonchev–Trinajstić information content (AvgIpc) is 2.36. The van der Waals surface area contributed by atoms with Gasteiger partial charge in [-0.3, -0.25) is 9.00 Å². The molecule has 0 aliphatic carbocycles. The van der Waals surface area contributed by atoms with E-state index in [1.807, 2.05) is 19.1 Å². The Hall–Kier alpha value is -1.27. The van der Waals surface area contributed by atoms with E-state index in [0.717, 1.165) is 11.1 Å². The molecule has 0 fully saturated rings. The molecule has 0 saturated carbocycles. The molecule has 1 aromatic carbocycles. The molecule has 104 valence electrons. The summed E-state index contributed by atoms with van der Waals surface area (Å²) in [5.74, 6) is -0.0830. The molecule has 1 aromatic rings. The number of rotatable bonds is 6. The summed E-state index contributed by atoms with van der Waals surface area (Å²) in [5, 5.41) is 2.73. The van der Waals surface area contributed by atoms with Crippen molar-refractivity contribution in [2.24, 2.45) is 5.73 Å². The predicted octanol–water partition coefficient (Wildman–Crippen LogP) is 0.746. The Morgan fingerprint density at radius 3 is 2.47 bits per heavy atom. The van der Waals surface area contributed by atoms with Crippen molar-refractivity contribution < 1.29 is 9.00 Å². The highest BCUT2D eigenvalue weighted by molar-refractivity contribution is 7.84. The van der Waals surface area contributed by atoms with Crippen molar-refractivity contribution in [2.75, 3.05) is 12.8 Å². The van der Waals surface area contributed by atoms with Crippen molar-refractivity contribution in [3.63, 3.8) is 0 Å². The number of hydrogen-bond acceptors (Lipinski definition) is 3.